The zero-order valence-corrected chi connectivity index (χ0v) is 16.7. The summed E-state index contributed by atoms with van der Waals surface area (Å²) in [6, 6.07) is 18.6. The molecular formula is C22H19FN4O2S. The molecule has 152 valence electrons. The average molecular weight is 422 g/mol. The van der Waals surface area contributed by atoms with Gasteiger partial charge in [-0.15, -0.1) is 0 Å². The standard InChI is InChI=1S/C22H19FN4O2S/c23-19-8-6-18(7-9-19)22-21(17-10-12-24-13-11-17)20(26-27-22)14-25-30(28,29)15-16-4-2-1-3-5-16/h1-13,25H,14-15H2,(H,26,27). The normalized spacial score (nSPS) is 11.5. The molecule has 6 nitrogen and oxygen atoms in total. The number of sulfonamides is 1. The van der Waals surface area contributed by atoms with Crippen molar-refractivity contribution in [1.29, 1.82) is 0 Å². The van der Waals surface area contributed by atoms with Gasteiger partial charge in [-0.25, -0.2) is 17.5 Å². The molecule has 0 amide bonds. The maximum absolute atomic E-state index is 13.3. The van der Waals surface area contributed by atoms with Gasteiger partial charge in [0.25, 0.3) is 0 Å². The quantitative estimate of drug-likeness (QED) is 0.473. The van der Waals surface area contributed by atoms with Crippen LogP contribution in [0, 0.1) is 5.82 Å². The Balaban J connectivity index is 1.64. The lowest BCUT2D eigenvalue weighted by Crippen LogP contribution is -2.25. The molecule has 2 aromatic heterocycles. The summed E-state index contributed by atoms with van der Waals surface area (Å²) in [7, 11) is -3.55. The first-order valence-electron chi connectivity index (χ1n) is 9.27. The van der Waals surface area contributed by atoms with Crippen LogP contribution in [-0.2, 0) is 22.3 Å². The van der Waals surface area contributed by atoms with Gasteiger partial charge in [-0.2, -0.15) is 5.10 Å². The lowest BCUT2D eigenvalue weighted by molar-refractivity contribution is 0.579. The molecule has 2 aromatic carbocycles. The van der Waals surface area contributed by atoms with Crippen LogP contribution in [0.25, 0.3) is 22.4 Å². The largest absolute Gasteiger partial charge is 0.280 e. The molecule has 0 atom stereocenters. The SMILES string of the molecule is O=S(=O)(Cc1ccccc1)NCc1[nH]nc(-c2ccc(F)cc2)c1-c1ccncc1. The fourth-order valence-corrected chi connectivity index (χ4v) is 4.28. The molecule has 0 fully saturated rings. The van der Waals surface area contributed by atoms with Crippen LogP contribution in [0.4, 0.5) is 4.39 Å². The number of hydrogen-bond acceptors (Lipinski definition) is 4. The molecule has 0 aliphatic rings. The summed E-state index contributed by atoms with van der Waals surface area (Å²) in [6.45, 7) is 0.0427. The van der Waals surface area contributed by atoms with Crippen LogP contribution in [0.5, 0.6) is 0 Å². The van der Waals surface area contributed by atoms with Crippen LogP contribution in [-0.4, -0.2) is 23.6 Å². The monoisotopic (exact) mass is 422 g/mol. The van der Waals surface area contributed by atoms with Crippen LogP contribution >= 0.6 is 0 Å². The van der Waals surface area contributed by atoms with Crippen molar-refractivity contribution in [1.82, 2.24) is 19.9 Å². The van der Waals surface area contributed by atoms with Crippen LogP contribution in [0.2, 0.25) is 0 Å². The summed E-state index contributed by atoms with van der Waals surface area (Å²) in [5.41, 5.74) is 4.21. The minimum Gasteiger partial charge on any atom is -0.280 e. The van der Waals surface area contributed by atoms with Gasteiger partial charge in [0.2, 0.25) is 10.0 Å². The Labute approximate surface area is 173 Å². The number of benzene rings is 2. The molecule has 4 rings (SSSR count). The van der Waals surface area contributed by atoms with Crippen LogP contribution in [0.15, 0.2) is 79.1 Å². The first kappa shape index (κ1) is 19.9. The van der Waals surface area contributed by atoms with Crippen molar-refractivity contribution in [2.24, 2.45) is 0 Å². The molecule has 30 heavy (non-hydrogen) atoms. The number of nitrogens with zero attached hydrogens (tertiary/aromatic N) is 2. The molecular weight excluding hydrogens is 403 g/mol. The van der Waals surface area contributed by atoms with E-state index in [0.717, 1.165) is 16.7 Å². The van der Waals surface area contributed by atoms with E-state index in [2.05, 4.69) is 19.9 Å². The van der Waals surface area contributed by atoms with E-state index < -0.39 is 10.0 Å². The Morgan fingerprint density at radius 1 is 0.900 bits per heavy atom. The van der Waals surface area contributed by atoms with Gasteiger partial charge in [0, 0.05) is 23.5 Å². The molecule has 0 unspecified atom stereocenters. The van der Waals surface area contributed by atoms with E-state index in [4.69, 9.17) is 0 Å². The Kier molecular flexibility index (Phi) is 5.69. The van der Waals surface area contributed by atoms with Crippen molar-refractivity contribution in [3.05, 3.63) is 96.2 Å². The Morgan fingerprint density at radius 3 is 2.30 bits per heavy atom. The summed E-state index contributed by atoms with van der Waals surface area (Å²) >= 11 is 0. The van der Waals surface area contributed by atoms with E-state index in [-0.39, 0.29) is 18.1 Å². The van der Waals surface area contributed by atoms with Gasteiger partial charge in [-0.1, -0.05) is 30.3 Å². The zero-order chi connectivity index (χ0) is 21.0. The molecule has 0 saturated carbocycles. The average Bonchev–Trinajstić information content (AvgIpc) is 3.18. The van der Waals surface area contributed by atoms with Gasteiger partial charge in [-0.3, -0.25) is 10.1 Å². The molecule has 0 saturated heterocycles. The minimum absolute atomic E-state index is 0.0427. The predicted octanol–water partition coefficient (Wildman–Crippen LogP) is 3.90. The van der Waals surface area contributed by atoms with Crippen molar-refractivity contribution in [3.63, 3.8) is 0 Å². The minimum atomic E-state index is -3.55. The lowest BCUT2D eigenvalue weighted by Gasteiger charge is -2.09. The van der Waals surface area contributed by atoms with Gasteiger partial charge in [-0.05, 0) is 47.5 Å². The number of aromatic amines is 1. The van der Waals surface area contributed by atoms with Gasteiger partial charge < -0.3 is 0 Å². The topological polar surface area (TPSA) is 87.7 Å². The Bertz CT molecular complexity index is 1230. The number of halogens is 1. The van der Waals surface area contributed by atoms with Crippen LogP contribution < -0.4 is 4.72 Å². The first-order chi connectivity index (χ1) is 14.5. The third-order valence-corrected chi connectivity index (χ3v) is 5.89. The molecule has 8 heteroatoms. The molecule has 0 radical (unpaired) electrons. The fourth-order valence-electron chi connectivity index (χ4n) is 3.18. The highest BCUT2D eigenvalue weighted by Gasteiger charge is 2.19. The summed E-state index contributed by atoms with van der Waals surface area (Å²) < 4.78 is 41.1. The number of aromatic nitrogens is 3. The Morgan fingerprint density at radius 2 is 1.60 bits per heavy atom. The summed E-state index contributed by atoms with van der Waals surface area (Å²) in [6.07, 6.45) is 3.31. The second-order valence-corrected chi connectivity index (χ2v) is 8.54. The molecule has 0 bridgehead atoms. The molecule has 4 aromatic rings. The van der Waals surface area contributed by atoms with Crippen LogP contribution in [0.3, 0.4) is 0 Å². The summed E-state index contributed by atoms with van der Waals surface area (Å²) in [5.74, 6) is -0.453. The third-order valence-electron chi connectivity index (χ3n) is 4.60. The van der Waals surface area contributed by atoms with Crippen molar-refractivity contribution in [3.8, 4) is 22.4 Å². The van der Waals surface area contributed by atoms with Gasteiger partial charge in [0.1, 0.15) is 11.5 Å². The van der Waals surface area contributed by atoms with Gasteiger partial charge in [0.15, 0.2) is 0 Å². The molecule has 2 N–H and O–H groups in total. The highest BCUT2D eigenvalue weighted by molar-refractivity contribution is 7.88. The van der Waals surface area contributed by atoms with Crippen LogP contribution in [0.1, 0.15) is 11.3 Å². The first-order valence-corrected chi connectivity index (χ1v) is 10.9. The number of nitrogens with one attached hydrogen (secondary N) is 2. The smallest absolute Gasteiger partial charge is 0.216 e. The predicted molar refractivity (Wildman–Crippen MR) is 113 cm³/mol. The van der Waals surface area contributed by atoms with Crippen molar-refractivity contribution < 1.29 is 12.8 Å². The number of hydrogen-bond donors (Lipinski definition) is 2. The van der Waals surface area contributed by atoms with E-state index in [9.17, 15) is 12.8 Å². The van der Waals surface area contributed by atoms with E-state index in [1.165, 1.54) is 12.1 Å². The zero-order valence-electron chi connectivity index (χ0n) is 15.9. The summed E-state index contributed by atoms with van der Waals surface area (Å²) in [4.78, 5) is 4.04. The van der Waals surface area contributed by atoms with Crippen molar-refractivity contribution in [2.75, 3.05) is 0 Å². The molecule has 0 aliphatic heterocycles. The third kappa shape index (κ3) is 4.61. The highest BCUT2D eigenvalue weighted by atomic mass is 32.2. The molecule has 0 aliphatic carbocycles. The maximum atomic E-state index is 13.3. The summed E-state index contributed by atoms with van der Waals surface area (Å²) in [5, 5.41) is 7.31. The van der Waals surface area contributed by atoms with Gasteiger partial charge >= 0.3 is 0 Å². The lowest BCUT2D eigenvalue weighted by atomic mass is 10.00. The van der Waals surface area contributed by atoms with Gasteiger partial charge in [0.05, 0.1) is 18.0 Å². The second-order valence-electron chi connectivity index (χ2n) is 6.73. The molecule has 0 spiro atoms. The number of H-pyrrole nitrogens is 1. The van der Waals surface area contributed by atoms with E-state index in [1.54, 1.807) is 48.8 Å². The van der Waals surface area contributed by atoms with Crippen molar-refractivity contribution >= 4 is 10.0 Å². The van der Waals surface area contributed by atoms with E-state index in [1.807, 2.05) is 18.2 Å². The van der Waals surface area contributed by atoms with E-state index >= 15 is 0 Å². The Hall–Kier alpha value is -3.36. The molecule has 2 heterocycles. The highest BCUT2D eigenvalue weighted by Crippen LogP contribution is 2.33. The fraction of sp³-hybridized carbons (Fsp3) is 0.0909. The number of pyridine rings is 1. The second kappa shape index (κ2) is 8.56. The maximum Gasteiger partial charge on any atom is 0.216 e. The number of rotatable bonds is 7. The van der Waals surface area contributed by atoms with Crippen molar-refractivity contribution in [2.45, 2.75) is 12.3 Å². The van der Waals surface area contributed by atoms with E-state index in [0.29, 0.717) is 17.0 Å².